The monoisotopic (exact) mass is 231 g/mol. The minimum Gasteiger partial charge on any atom is -0.380 e. The Kier molecular flexibility index (Phi) is 4.94. The molecule has 0 aliphatic carbocycles. The fourth-order valence-electron chi connectivity index (χ4n) is 2.20. The zero-order chi connectivity index (χ0) is 11.5. The van der Waals surface area contributed by atoms with Crippen LogP contribution in [0, 0.1) is 11.3 Å². The molecule has 0 spiro atoms. The first-order chi connectivity index (χ1) is 6.98. The van der Waals surface area contributed by atoms with Gasteiger partial charge in [-0.15, -0.1) is 0 Å². The molecule has 3 heteroatoms. The zero-order valence-corrected chi connectivity index (χ0v) is 11.4. The Hall–Kier alpha value is 0.270. The van der Waals surface area contributed by atoms with Gasteiger partial charge in [-0.1, -0.05) is 20.8 Å². The standard InChI is InChI=1S/C12H25NOS/c1-10-5-6-13(7-11(10)14-4)8-12(2,3)9-15/h10-11,15H,5-9H2,1-4H3. The molecule has 0 saturated carbocycles. The van der Waals surface area contributed by atoms with E-state index in [1.165, 1.54) is 13.0 Å². The second kappa shape index (κ2) is 5.55. The largest absolute Gasteiger partial charge is 0.380 e. The molecule has 1 saturated heterocycles. The maximum Gasteiger partial charge on any atom is 0.0724 e. The third-order valence-electron chi connectivity index (χ3n) is 3.36. The van der Waals surface area contributed by atoms with Gasteiger partial charge in [-0.2, -0.15) is 12.6 Å². The Morgan fingerprint density at radius 2 is 2.13 bits per heavy atom. The third kappa shape index (κ3) is 3.97. The summed E-state index contributed by atoms with van der Waals surface area (Å²) in [4.78, 5) is 2.52. The first kappa shape index (κ1) is 13.3. The molecule has 0 aromatic heterocycles. The maximum atomic E-state index is 5.52. The van der Waals surface area contributed by atoms with Crippen LogP contribution in [0.25, 0.3) is 0 Å². The van der Waals surface area contributed by atoms with Gasteiger partial charge in [-0.05, 0) is 30.1 Å². The normalized spacial score (nSPS) is 29.4. The summed E-state index contributed by atoms with van der Waals surface area (Å²) in [5.74, 6) is 1.64. The Morgan fingerprint density at radius 3 is 2.67 bits per heavy atom. The van der Waals surface area contributed by atoms with Crippen molar-refractivity contribution in [1.82, 2.24) is 4.90 Å². The van der Waals surface area contributed by atoms with Gasteiger partial charge < -0.3 is 9.64 Å². The molecule has 2 nitrogen and oxygen atoms in total. The van der Waals surface area contributed by atoms with Gasteiger partial charge in [-0.25, -0.2) is 0 Å². The molecule has 1 heterocycles. The van der Waals surface area contributed by atoms with Crippen LogP contribution in [0.5, 0.6) is 0 Å². The summed E-state index contributed by atoms with van der Waals surface area (Å²) in [6.45, 7) is 10.3. The van der Waals surface area contributed by atoms with E-state index in [1.54, 1.807) is 0 Å². The molecule has 1 fully saturated rings. The Balaban J connectivity index is 2.45. The predicted octanol–water partition coefficient (Wildman–Crippen LogP) is 2.30. The highest BCUT2D eigenvalue weighted by Crippen LogP contribution is 2.24. The fraction of sp³-hybridized carbons (Fsp3) is 1.00. The highest BCUT2D eigenvalue weighted by molar-refractivity contribution is 7.80. The van der Waals surface area contributed by atoms with Crippen LogP contribution < -0.4 is 0 Å². The summed E-state index contributed by atoms with van der Waals surface area (Å²) in [5.41, 5.74) is 0.308. The Bertz CT molecular complexity index is 196. The van der Waals surface area contributed by atoms with E-state index in [-0.39, 0.29) is 0 Å². The van der Waals surface area contributed by atoms with Gasteiger partial charge in [-0.3, -0.25) is 0 Å². The van der Waals surface area contributed by atoms with Crippen LogP contribution in [0.15, 0.2) is 0 Å². The number of thiol groups is 1. The Labute approximate surface area is 99.8 Å². The van der Waals surface area contributed by atoms with Crippen LogP contribution in [0.2, 0.25) is 0 Å². The summed E-state index contributed by atoms with van der Waals surface area (Å²) in [7, 11) is 1.83. The van der Waals surface area contributed by atoms with Crippen LogP contribution in [0.4, 0.5) is 0 Å². The number of rotatable bonds is 4. The number of nitrogens with zero attached hydrogens (tertiary/aromatic N) is 1. The number of methoxy groups -OCH3 is 1. The van der Waals surface area contributed by atoms with Crippen LogP contribution >= 0.6 is 12.6 Å². The summed E-state index contributed by atoms with van der Waals surface area (Å²) < 4.78 is 5.52. The van der Waals surface area contributed by atoms with E-state index >= 15 is 0 Å². The fourth-order valence-corrected chi connectivity index (χ4v) is 2.30. The summed E-state index contributed by atoms with van der Waals surface area (Å²) >= 11 is 4.41. The molecule has 1 rings (SSSR count). The zero-order valence-electron chi connectivity index (χ0n) is 10.5. The molecule has 15 heavy (non-hydrogen) atoms. The number of likely N-dealkylation sites (tertiary alicyclic amines) is 1. The van der Waals surface area contributed by atoms with Crippen LogP contribution in [-0.4, -0.2) is 43.5 Å². The molecule has 0 N–H and O–H groups in total. The van der Waals surface area contributed by atoms with Gasteiger partial charge in [0.05, 0.1) is 6.10 Å². The lowest BCUT2D eigenvalue weighted by molar-refractivity contribution is -0.0132. The molecular formula is C12H25NOS. The van der Waals surface area contributed by atoms with Crippen LogP contribution in [0.3, 0.4) is 0 Å². The van der Waals surface area contributed by atoms with E-state index in [1.807, 2.05) is 7.11 Å². The average molecular weight is 231 g/mol. The Morgan fingerprint density at radius 1 is 1.47 bits per heavy atom. The van der Waals surface area contributed by atoms with E-state index < -0.39 is 0 Å². The summed E-state index contributed by atoms with van der Waals surface area (Å²) in [6, 6.07) is 0. The number of hydrogen-bond acceptors (Lipinski definition) is 3. The lowest BCUT2D eigenvalue weighted by Crippen LogP contribution is -2.47. The van der Waals surface area contributed by atoms with Crippen molar-refractivity contribution in [3.05, 3.63) is 0 Å². The molecule has 0 aromatic carbocycles. The average Bonchev–Trinajstić information content (AvgIpc) is 2.20. The molecule has 0 amide bonds. The molecule has 0 aromatic rings. The van der Waals surface area contributed by atoms with Gasteiger partial charge >= 0.3 is 0 Å². The van der Waals surface area contributed by atoms with E-state index in [2.05, 4.69) is 38.3 Å². The number of piperidine rings is 1. The molecule has 1 aliphatic heterocycles. The third-order valence-corrected chi connectivity index (χ3v) is 4.21. The maximum absolute atomic E-state index is 5.52. The number of hydrogen-bond donors (Lipinski definition) is 1. The molecule has 90 valence electrons. The van der Waals surface area contributed by atoms with Gasteiger partial charge in [0.15, 0.2) is 0 Å². The highest BCUT2D eigenvalue weighted by Gasteiger charge is 2.29. The van der Waals surface area contributed by atoms with Gasteiger partial charge in [0.1, 0.15) is 0 Å². The van der Waals surface area contributed by atoms with E-state index in [0.29, 0.717) is 17.4 Å². The van der Waals surface area contributed by atoms with E-state index in [0.717, 1.165) is 18.8 Å². The smallest absolute Gasteiger partial charge is 0.0724 e. The van der Waals surface area contributed by atoms with Gasteiger partial charge in [0.2, 0.25) is 0 Å². The van der Waals surface area contributed by atoms with Crippen molar-refractivity contribution in [2.45, 2.75) is 33.3 Å². The SMILES string of the molecule is COC1CN(CC(C)(C)CS)CCC1C. The molecule has 0 bridgehead atoms. The highest BCUT2D eigenvalue weighted by atomic mass is 32.1. The van der Waals surface area contributed by atoms with Crippen molar-refractivity contribution in [2.24, 2.45) is 11.3 Å². The minimum absolute atomic E-state index is 0.308. The molecule has 2 atom stereocenters. The topological polar surface area (TPSA) is 12.5 Å². The molecular weight excluding hydrogens is 206 g/mol. The summed E-state index contributed by atoms with van der Waals surface area (Å²) in [6.07, 6.45) is 1.66. The molecule has 2 unspecified atom stereocenters. The lowest BCUT2D eigenvalue weighted by Gasteiger charge is -2.39. The second-order valence-corrected chi connectivity index (χ2v) is 5.91. The van der Waals surface area contributed by atoms with Crippen molar-refractivity contribution < 1.29 is 4.74 Å². The van der Waals surface area contributed by atoms with Crippen LogP contribution in [0.1, 0.15) is 27.2 Å². The molecule has 0 radical (unpaired) electrons. The van der Waals surface area contributed by atoms with Gasteiger partial charge in [0, 0.05) is 20.2 Å². The summed E-state index contributed by atoms with van der Waals surface area (Å²) in [5, 5.41) is 0. The number of ether oxygens (including phenoxy) is 1. The van der Waals surface area contributed by atoms with Crippen LogP contribution in [-0.2, 0) is 4.74 Å². The first-order valence-corrected chi connectivity index (χ1v) is 6.48. The van der Waals surface area contributed by atoms with Crippen molar-refractivity contribution >= 4 is 12.6 Å². The predicted molar refractivity (Wildman–Crippen MR) is 68.7 cm³/mol. The van der Waals surface area contributed by atoms with Gasteiger partial charge in [0.25, 0.3) is 0 Å². The minimum atomic E-state index is 0.308. The van der Waals surface area contributed by atoms with E-state index in [9.17, 15) is 0 Å². The first-order valence-electron chi connectivity index (χ1n) is 5.84. The second-order valence-electron chi connectivity index (χ2n) is 5.60. The lowest BCUT2D eigenvalue weighted by atomic mass is 9.91. The van der Waals surface area contributed by atoms with Crippen molar-refractivity contribution in [1.29, 1.82) is 0 Å². The quantitative estimate of drug-likeness (QED) is 0.745. The van der Waals surface area contributed by atoms with Crippen molar-refractivity contribution in [3.8, 4) is 0 Å². The molecule has 1 aliphatic rings. The van der Waals surface area contributed by atoms with Crippen molar-refractivity contribution in [3.63, 3.8) is 0 Å². The van der Waals surface area contributed by atoms with Crippen molar-refractivity contribution in [2.75, 3.05) is 32.5 Å². The van der Waals surface area contributed by atoms with E-state index in [4.69, 9.17) is 4.74 Å².